The number of aryl methyl sites for hydroxylation is 2. The van der Waals surface area contributed by atoms with Crippen LogP contribution in [0.3, 0.4) is 0 Å². The molecule has 4 rings (SSSR count). The van der Waals surface area contributed by atoms with Crippen LogP contribution in [0.25, 0.3) is 11.8 Å². The summed E-state index contributed by atoms with van der Waals surface area (Å²) in [7, 11) is 0. The number of amides is 1. The first-order chi connectivity index (χ1) is 15.9. The average molecular weight is 448 g/mol. The fourth-order valence-electron chi connectivity index (χ4n) is 4.55. The zero-order valence-electron chi connectivity index (χ0n) is 19.0. The monoisotopic (exact) mass is 447 g/mol. The van der Waals surface area contributed by atoms with Crippen molar-refractivity contribution < 1.29 is 9.18 Å². The predicted molar refractivity (Wildman–Crippen MR) is 122 cm³/mol. The summed E-state index contributed by atoms with van der Waals surface area (Å²) in [6, 6.07) is 8.57. The number of aromatic nitrogens is 5. The second kappa shape index (κ2) is 9.36. The van der Waals surface area contributed by atoms with Gasteiger partial charge in [0.15, 0.2) is 5.82 Å². The molecule has 1 aliphatic rings. The number of anilines is 1. The lowest BCUT2D eigenvalue weighted by atomic mass is 9.95. The number of nitrogens with zero attached hydrogens (tertiary/aromatic N) is 6. The Hall–Kier alpha value is -3.80. The number of halogens is 1. The van der Waals surface area contributed by atoms with Gasteiger partial charge in [-0.3, -0.25) is 4.79 Å². The lowest BCUT2D eigenvalue weighted by molar-refractivity contribution is -0.112. The van der Waals surface area contributed by atoms with Gasteiger partial charge in [0.1, 0.15) is 17.5 Å². The van der Waals surface area contributed by atoms with Gasteiger partial charge in [0.05, 0.1) is 11.4 Å². The maximum absolute atomic E-state index is 14.4. The van der Waals surface area contributed by atoms with Gasteiger partial charge in [-0.05, 0) is 79.9 Å². The van der Waals surface area contributed by atoms with Crippen LogP contribution in [0.4, 0.5) is 10.1 Å². The minimum absolute atomic E-state index is 0.0544. The molecule has 8 nitrogen and oxygen atoms in total. The summed E-state index contributed by atoms with van der Waals surface area (Å²) in [6.45, 7) is 5.77. The molecule has 0 bridgehead atoms. The number of carbonyl (C=O) groups excluding carboxylic acids is 1. The van der Waals surface area contributed by atoms with E-state index in [-0.39, 0.29) is 11.3 Å². The molecule has 1 aliphatic carbocycles. The van der Waals surface area contributed by atoms with Gasteiger partial charge in [-0.1, -0.05) is 19.3 Å². The summed E-state index contributed by atoms with van der Waals surface area (Å²) >= 11 is 0. The zero-order valence-corrected chi connectivity index (χ0v) is 19.0. The Kier molecular flexibility index (Phi) is 6.36. The average Bonchev–Trinajstić information content (AvgIpc) is 3.36. The van der Waals surface area contributed by atoms with Gasteiger partial charge in [0.2, 0.25) is 0 Å². The highest BCUT2D eigenvalue weighted by atomic mass is 19.1. The molecule has 3 aromatic rings. The molecule has 1 amide bonds. The molecule has 9 heteroatoms. The molecule has 0 radical (unpaired) electrons. The van der Waals surface area contributed by atoms with E-state index in [1.807, 2.05) is 26.0 Å². The van der Waals surface area contributed by atoms with Gasteiger partial charge >= 0.3 is 0 Å². The summed E-state index contributed by atoms with van der Waals surface area (Å²) in [5, 5.41) is 23.4. The molecule has 0 saturated heterocycles. The smallest absolute Gasteiger partial charge is 0.266 e. The molecule has 2 aromatic heterocycles. The summed E-state index contributed by atoms with van der Waals surface area (Å²) in [4.78, 5) is 12.8. The molecule has 0 atom stereocenters. The molecule has 2 heterocycles. The molecule has 33 heavy (non-hydrogen) atoms. The van der Waals surface area contributed by atoms with E-state index in [1.165, 1.54) is 42.1 Å². The van der Waals surface area contributed by atoms with Gasteiger partial charge in [-0.25, -0.2) is 4.39 Å². The minimum Gasteiger partial charge on any atom is -0.346 e. The van der Waals surface area contributed by atoms with Crippen LogP contribution in [0, 0.1) is 37.9 Å². The molecule has 0 unspecified atom stereocenters. The van der Waals surface area contributed by atoms with E-state index >= 15 is 0 Å². The van der Waals surface area contributed by atoms with Gasteiger partial charge in [-0.15, -0.1) is 5.10 Å². The van der Waals surface area contributed by atoms with Gasteiger partial charge in [0, 0.05) is 17.4 Å². The van der Waals surface area contributed by atoms with Crippen molar-refractivity contribution in [2.45, 2.75) is 58.9 Å². The minimum atomic E-state index is -0.676. The van der Waals surface area contributed by atoms with E-state index in [4.69, 9.17) is 0 Å². The first-order valence-corrected chi connectivity index (χ1v) is 11.1. The van der Waals surface area contributed by atoms with E-state index in [0.717, 1.165) is 29.8 Å². The lowest BCUT2D eigenvalue weighted by Crippen LogP contribution is -2.16. The maximum Gasteiger partial charge on any atom is 0.266 e. The third-order valence-electron chi connectivity index (χ3n) is 6.20. The maximum atomic E-state index is 14.4. The highest BCUT2D eigenvalue weighted by molar-refractivity contribution is 6.09. The second-order valence-corrected chi connectivity index (χ2v) is 8.41. The van der Waals surface area contributed by atoms with E-state index in [2.05, 4.69) is 25.4 Å². The standard InChI is InChI=1S/C24H26FN7O/c1-15-11-18(16(2)31(15)20-7-5-4-6-8-20)12-19(14-26)24(33)27-23-13-21(9-10-22(23)25)32-17(3)28-29-30-32/h9-13,20H,4-8H2,1-3H3,(H,27,33)/b19-12-. The SMILES string of the molecule is Cc1nnnn1-c1ccc(F)c(NC(=O)/C(C#N)=C\c2cc(C)n(C3CCCCC3)c2C)c1. The van der Waals surface area contributed by atoms with Crippen molar-refractivity contribution in [3.8, 4) is 11.8 Å². The quantitative estimate of drug-likeness (QED) is 0.456. The molecule has 1 saturated carbocycles. The third-order valence-corrected chi connectivity index (χ3v) is 6.20. The van der Waals surface area contributed by atoms with Crippen molar-refractivity contribution in [1.29, 1.82) is 5.26 Å². The van der Waals surface area contributed by atoms with Crippen molar-refractivity contribution in [2.24, 2.45) is 0 Å². The van der Waals surface area contributed by atoms with Crippen LogP contribution in [0.15, 0.2) is 29.8 Å². The number of hydrogen-bond acceptors (Lipinski definition) is 5. The summed E-state index contributed by atoms with van der Waals surface area (Å²) in [6.07, 6.45) is 7.56. The highest BCUT2D eigenvalue weighted by Crippen LogP contribution is 2.32. The number of nitriles is 1. The van der Waals surface area contributed by atoms with E-state index in [0.29, 0.717) is 17.6 Å². The Morgan fingerprint density at radius 2 is 1.97 bits per heavy atom. The third kappa shape index (κ3) is 4.55. The van der Waals surface area contributed by atoms with E-state index in [1.54, 1.807) is 13.0 Å². The largest absolute Gasteiger partial charge is 0.346 e. The molecule has 170 valence electrons. The van der Waals surface area contributed by atoms with Gasteiger partial charge < -0.3 is 9.88 Å². The van der Waals surface area contributed by atoms with Gasteiger partial charge in [0.25, 0.3) is 5.91 Å². The van der Waals surface area contributed by atoms with Crippen molar-refractivity contribution in [2.75, 3.05) is 5.32 Å². The number of carbonyl (C=O) groups is 1. The van der Waals surface area contributed by atoms with E-state index in [9.17, 15) is 14.4 Å². The van der Waals surface area contributed by atoms with Crippen molar-refractivity contribution >= 4 is 17.7 Å². The summed E-state index contributed by atoms with van der Waals surface area (Å²) in [5.41, 5.74) is 3.31. The Morgan fingerprint density at radius 1 is 1.21 bits per heavy atom. The summed E-state index contributed by atoms with van der Waals surface area (Å²) < 4.78 is 18.2. The van der Waals surface area contributed by atoms with Gasteiger partial charge in [-0.2, -0.15) is 9.94 Å². The number of nitrogens with one attached hydrogen (secondary N) is 1. The first kappa shape index (κ1) is 22.4. The normalized spacial score (nSPS) is 14.8. The van der Waals surface area contributed by atoms with Crippen LogP contribution in [0.2, 0.25) is 0 Å². The zero-order chi connectivity index (χ0) is 23.5. The van der Waals surface area contributed by atoms with E-state index < -0.39 is 11.7 Å². The van der Waals surface area contributed by atoms with Crippen LogP contribution in [0.1, 0.15) is 60.9 Å². The Morgan fingerprint density at radius 3 is 2.64 bits per heavy atom. The molecular formula is C24H26FN7O. The molecule has 1 fully saturated rings. The fraction of sp³-hybridized carbons (Fsp3) is 0.375. The topological polar surface area (TPSA) is 101 Å². The number of tetrazole rings is 1. The molecular weight excluding hydrogens is 421 g/mol. The van der Waals surface area contributed by atoms with Crippen LogP contribution >= 0.6 is 0 Å². The molecule has 0 spiro atoms. The van der Waals surface area contributed by atoms with Crippen LogP contribution < -0.4 is 5.32 Å². The number of benzene rings is 1. The number of rotatable bonds is 5. The molecule has 1 N–H and O–H groups in total. The molecule has 0 aliphatic heterocycles. The number of hydrogen-bond donors (Lipinski definition) is 1. The summed E-state index contributed by atoms with van der Waals surface area (Å²) in [5.74, 6) is -0.778. The van der Waals surface area contributed by atoms with Crippen LogP contribution in [-0.2, 0) is 4.79 Å². The fourth-order valence-corrected chi connectivity index (χ4v) is 4.55. The Labute approximate surface area is 191 Å². The Balaban J connectivity index is 1.60. The Bertz CT molecular complexity index is 1260. The lowest BCUT2D eigenvalue weighted by Gasteiger charge is -2.26. The van der Waals surface area contributed by atoms with Crippen LogP contribution in [0.5, 0.6) is 0 Å². The predicted octanol–water partition coefficient (Wildman–Crippen LogP) is 4.58. The van der Waals surface area contributed by atoms with Crippen LogP contribution in [-0.4, -0.2) is 30.7 Å². The first-order valence-electron chi connectivity index (χ1n) is 11.1. The van der Waals surface area contributed by atoms with Crippen molar-refractivity contribution in [3.63, 3.8) is 0 Å². The molecule has 1 aromatic carbocycles. The van der Waals surface area contributed by atoms with Crippen molar-refractivity contribution in [1.82, 2.24) is 24.8 Å². The van der Waals surface area contributed by atoms with Crippen molar-refractivity contribution in [3.05, 3.63) is 58.4 Å². The highest BCUT2D eigenvalue weighted by Gasteiger charge is 2.21. The second-order valence-electron chi connectivity index (χ2n) is 8.41.